The molecule has 128 valence electrons. The summed E-state index contributed by atoms with van der Waals surface area (Å²) in [6.07, 6.45) is 2.44. The molecule has 0 bridgehead atoms. The van der Waals surface area contributed by atoms with Crippen molar-refractivity contribution < 1.29 is 9.53 Å². The third kappa shape index (κ3) is 5.88. The maximum Gasteiger partial charge on any atom is 0.244 e. The van der Waals surface area contributed by atoms with Gasteiger partial charge in [-0.15, -0.1) is 24.0 Å². The maximum absolute atomic E-state index is 11.9. The summed E-state index contributed by atoms with van der Waals surface area (Å²) in [5.74, 6) is 0.374. The van der Waals surface area contributed by atoms with Crippen molar-refractivity contribution in [1.82, 2.24) is 15.1 Å². The molecule has 0 spiro atoms. The number of likely N-dealkylation sites (N-methyl/N-ethyl adjacent to an activating group) is 1. The Hall–Kier alpha value is -0.610. The number of halogens is 1. The molecule has 0 aromatic heterocycles. The standard InChI is InChI=1S/C14H27N5O2.HI/c1-2-18-5-3-4-12(18)10-16-14(15)17-11-13(20)19-6-8-21-9-7-19;/h12H,2-11H2,1H3,(H3,15,16,17);1H. The first-order valence-corrected chi connectivity index (χ1v) is 7.84. The van der Waals surface area contributed by atoms with Gasteiger partial charge in [-0.25, -0.2) is 4.99 Å². The van der Waals surface area contributed by atoms with Gasteiger partial charge in [0.05, 0.1) is 13.2 Å². The average Bonchev–Trinajstić information content (AvgIpc) is 2.99. The molecule has 7 nitrogen and oxygen atoms in total. The highest BCUT2D eigenvalue weighted by atomic mass is 127. The Morgan fingerprint density at radius 1 is 1.36 bits per heavy atom. The molecule has 2 rings (SSSR count). The molecule has 22 heavy (non-hydrogen) atoms. The molecular formula is C14H28IN5O2. The number of morpholine rings is 1. The Bertz CT molecular complexity index is 374. The summed E-state index contributed by atoms with van der Waals surface area (Å²) in [5.41, 5.74) is 5.84. The van der Waals surface area contributed by atoms with E-state index in [9.17, 15) is 4.79 Å². The Kier molecular flexibility index (Phi) is 9.03. The number of nitrogens with zero attached hydrogens (tertiary/aromatic N) is 3. The van der Waals surface area contributed by atoms with E-state index in [1.54, 1.807) is 4.90 Å². The topological polar surface area (TPSA) is 83.2 Å². The molecule has 2 saturated heterocycles. The highest BCUT2D eigenvalue weighted by Crippen LogP contribution is 2.15. The number of carbonyl (C=O) groups is 1. The second-order valence-corrected chi connectivity index (χ2v) is 5.50. The lowest BCUT2D eigenvalue weighted by Gasteiger charge is -2.26. The van der Waals surface area contributed by atoms with Crippen LogP contribution < -0.4 is 11.1 Å². The number of rotatable bonds is 5. The van der Waals surface area contributed by atoms with Crippen LogP contribution in [0.2, 0.25) is 0 Å². The largest absolute Gasteiger partial charge is 0.378 e. The van der Waals surface area contributed by atoms with Crippen LogP contribution in [0.1, 0.15) is 19.8 Å². The molecule has 0 radical (unpaired) electrons. The van der Waals surface area contributed by atoms with Crippen LogP contribution in [0.4, 0.5) is 0 Å². The van der Waals surface area contributed by atoms with Crippen LogP contribution in [0.5, 0.6) is 0 Å². The average molecular weight is 425 g/mol. The highest BCUT2D eigenvalue weighted by molar-refractivity contribution is 14.0. The minimum atomic E-state index is 0. The van der Waals surface area contributed by atoms with Crippen molar-refractivity contribution in [3.8, 4) is 0 Å². The first-order chi connectivity index (χ1) is 10.2. The molecular weight excluding hydrogens is 397 g/mol. The van der Waals surface area contributed by atoms with Crippen molar-refractivity contribution in [2.24, 2.45) is 10.7 Å². The number of amides is 1. The number of nitrogens with two attached hydrogens (primary N) is 1. The molecule has 1 amide bonds. The molecule has 2 aliphatic rings. The zero-order chi connectivity index (χ0) is 15.1. The van der Waals surface area contributed by atoms with Crippen LogP contribution in [0.25, 0.3) is 0 Å². The molecule has 2 fully saturated rings. The number of aliphatic imine (C=N–C) groups is 1. The fraction of sp³-hybridized carbons (Fsp3) is 0.857. The van der Waals surface area contributed by atoms with Gasteiger partial charge in [0.2, 0.25) is 5.91 Å². The van der Waals surface area contributed by atoms with E-state index in [1.165, 1.54) is 12.8 Å². The summed E-state index contributed by atoms with van der Waals surface area (Å²) in [6, 6.07) is 0.527. The smallest absolute Gasteiger partial charge is 0.244 e. The van der Waals surface area contributed by atoms with Gasteiger partial charge in [-0.2, -0.15) is 0 Å². The summed E-state index contributed by atoms with van der Waals surface area (Å²) in [5, 5.41) is 3.14. The van der Waals surface area contributed by atoms with Gasteiger partial charge in [0.15, 0.2) is 5.96 Å². The predicted molar refractivity (Wildman–Crippen MR) is 97.6 cm³/mol. The van der Waals surface area contributed by atoms with Crippen molar-refractivity contribution in [1.29, 1.82) is 0 Å². The monoisotopic (exact) mass is 425 g/mol. The Labute approximate surface area is 149 Å². The number of carbonyl (C=O) groups excluding carboxylic acids is 1. The number of hydrogen-bond donors (Lipinski definition) is 2. The van der Waals surface area contributed by atoms with Crippen LogP contribution in [0, 0.1) is 0 Å². The van der Waals surface area contributed by atoms with Crippen molar-refractivity contribution in [3.05, 3.63) is 0 Å². The number of ether oxygens (including phenoxy) is 1. The normalized spacial score (nSPS) is 23.2. The third-order valence-corrected chi connectivity index (χ3v) is 4.17. The molecule has 8 heteroatoms. The van der Waals surface area contributed by atoms with Gasteiger partial charge in [0, 0.05) is 25.7 Å². The van der Waals surface area contributed by atoms with E-state index >= 15 is 0 Å². The molecule has 2 heterocycles. The summed E-state index contributed by atoms with van der Waals surface area (Å²) < 4.78 is 5.22. The first-order valence-electron chi connectivity index (χ1n) is 7.84. The third-order valence-electron chi connectivity index (χ3n) is 4.17. The molecule has 0 aromatic carbocycles. The number of hydrogen-bond acceptors (Lipinski definition) is 4. The summed E-state index contributed by atoms with van der Waals surface area (Å²) in [4.78, 5) is 20.3. The molecule has 0 saturated carbocycles. The van der Waals surface area contributed by atoms with E-state index in [4.69, 9.17) is 10.5 Å². The Morgan fingerprint density at radius 2 is 2.09 bits per heavy atom. The molecule has 3 N–H and O–H groups in total. The first kappa shape index (κ1) is 19.4. The zero-order valence-electron chi connectivity index (χ0n) is 13.3. The van der Waals surface area contributed by atoms with E-state index in [0.717, 1.165) is 19.6 Å². The molecule has 2 aliphatic heterocycles. The van der Waals surface area contributed by atoms with E-state index in [2.05, 4.69) is 22.1 Å². The Balaban J connectivity index is 0.00000242. The zero-order valence-corrected chi connectivity index (χ0v) is 15.6. The fourth-order valence-electron chi connectivity index (χ4n) is 2.89. The van der Waals surface area contributed by atoms with Crippen LogP contribution in [-0.2, 0) is 9.53 Å². The van der Waals surface area contributed by atoms with Gasteiger partial charge < -0.3 is 20.7 Å². The van der Waals surface area contributed by atoms with Crippen molar-refractivity contribution >= 4 is 35.8 Å². The van der Waals surface area contributed by atoms with Crippen molar-refractivity contribution in [3.63, 3.8) is 0 Å². The maximum atomic E-state index is 11.9. The summed E-state index contributed by atoms with van der Waals surface area (Å²) >= 11 is 0. The van der Waals surface area contributed by atoms with Crippen molar-refractivity contribution in [2.45, 2.75) is 25.8 Å². The van der Waals surface area contributed by atoms with Crippen LogP contribution in [0.3, 0.4) is 0 Å². The molecule has 1 unspecified atom stereocenters. The number of nitrogens with one attached hydrogen (secondary N) is 1. The van der Waals surface area contributed by atoms with Crippen LogP contribution in [0.15, 0.2) is 4.99 Å². The minimum Gasteiger partial charge on any atom is -0.378 e. The van der Waals surface area contributed by atoms with Crippen LogP contribution >= 0.6 is 24.0 Å². The van der Waals surface area contributed by atoms with E-state index in [1.807, 2.05) is 0 Å². The summed E-state index contributed by atoms with van der Waals surface area (Å²) in [6.45, 7) is 7.83. The second kappa shape index (κ2) is 10.2. The second-order valence-electron chi connectivity index (χ2n) is 5.50. The molecule has 1 atom stereocenters. The van der Waals surface area contributed by atoms with Crippen LogP contribution in [-0.4, -0.2) is 80.2 Å². The van der Waals surface area contributed by atoms with E-state index in [-0.39, 0.29) is 36.4 Å². The highest BCUT2D eigenvalue weighted by Gasteiger charge is 2.22. The van der Waals surface area contributed by atoms with Crippen molar-refractivity contribution in [2.75, 3.05) is 52.5 Å². The molecule has 0 aliphatic carbocycles. The van der Waals surface area contributed by atoms with Gasteiger partial charge in [-0.3, -0.25) is 9.69 Å². The fourth-order valence-corrected chi connectivity index (χ4v) is 2.89. The van der Waals surface area contributed by atoms with Gasteiger partial charge in [0.1, 0.15) is 6.54 Å². The lowest BCUT2D eigenvalue weighted by molar-refractivity contribution is -0.133. The van der Waals surface area contributed by atoms with Gasteiger partial charge >= 0.3 is 0 Å². The lowest BCUT2D eigenvalue weighted by atomic mass is 10.2. The quantitative estimate of drug-likeness (QED) is 0.364. The number of guanidine groups is 1. The number of likely N-dealkylation sites (tertiary alicyclic amines) is 1. The molecule has 0 aromatic rings. The SMILES string of the molecule is CCN1CCCC1CNC(N)=NCC(=O)N1CCOCC1.I. The Morgan fingerprint density at radius 3 is 2.77 bits per heavy atom. The van der Waals surface area contributed by atoms with Gasteiger partial charge in [0.25, 0.3) is 0 Å². The predicted octanol–water partition coefficient (Wildman–Crippen LogP) is -0.148. The van der Waals surface area contributed by atoms with E-state index < -0.39 is 0 Å². The van der Waals surface area contributed by atoms with E-state index in [0.29, 0.717) is 38.3 Å². The van der Waals surface area contributed by atoms with Gasteiger partial charge in [-0.05, 0) is 25.9 Å². The van der Waals surface area contributed by atoms with Gasteiger partial charge in [-0.1, -0.05) is 6.92 Å². The lowest BCUT2D eigenvalue weighted by Crippen LogP contribution is -2.44. The summed E-state index contributed by atoms with van der Waals surface area (Å²) in [7, 11) is 0. The minimum absolute atomic E-state index is 0.